The summed E-state index contributed by atoms with van der Waals surface area (Å²) in [4.78, 5) is 17.6. The van der Waals surface area contributed by atoms with Gasteiger partial charge in [-0.2, -0.15) is 4.37 Å². The van der Waals surface area contributed by atoms with Crippen LogP contribution in [0, 0.1) is 5.92 Å². The summed E-state index contributed by atoms with van der Waals surface area (Å²) in [6, 6.07) is 0. The molecule has 18 heavy (non-hydrogen) atoms. The summed E-state index contributed by atoms with van der Waals surface area (Å²) >= 11 is 1.37. The standard InChI is InChI=1S/C12H19N3O2S/c1-12(2,3)10-13-11(18-14-10)15-6-4-5-8(7-15)9(16)17/h8H,4-7H2,1-3H3,(H,16,17). The Morgan fingerprint density at radius 2 is 2.22 bits per heavy atom. The van der Waals surface area contributed by atoms with E-state index < -0.39 is 5.97 Å². The van der Waals surface area contributed by atoms with Crippen LogP contribution in [-0.2, 0) is 10.2 Å². The van der Waals surface area contributed by atoms with Crippen LogP contribution in [0.15, 0.2) is 0 Å². The molecule has 100 valence electrons. The molecule has 1 atom stereocenters. The third kappa shape index (κ3) is 2.80. The molecule has 1 aromatic rings. The Morgan fingerprint density at radius 3 is 2.78 bits per heavy atom. The first-order valence-corrected chi connectivity index (χ1v) is 6.97. The number of anilines is 1. The third-order valence-corrected chi connectivity index (χ3v) is 3.90. The fraction of sp³-hybridized carbons (Fsp3) is 0.750. The average Bonchev–Trinajstić information content (AvgIpc) is 2.78. The lowest BCUT2D eigenvalue weighted by Crippen LogP contribution is -2.38. The van der Waals surface area contributed by atoms with Crippen LogP contribution >= 0.6 is 11.5 Å². The van der Waals surface area contributed by atoms with Crippen molar-refractivity contribution in [2.45, 2.75) is 39.0 Å². The Bertz CT molecular complexity index is 439. The van der Waals surface area contributed by atoms with Crippen molar-refractivity contribution in [3.8, 4) is 0 Å². The van der Waals surface area contributed by atoms with Crippen LogP contribution in [0.3, 0.4) is 0 Å². The SMILES string of the molecule is CC(C)(C)c1nsc(N2CCCC(C(=O)O)C2)n1. The highest BCUT2D eigenvalue weighted by molar-refractivity contribution is 7.09. The molecule has 1 aliphatic heterocycles. The van der Waals surface area contributed by atoms with Gasteiger partial charge in [-0.25, -0.2) is 4.98 Å². The molecular weight excluding hydrogens is 250 g/mol. The second kappa shape index (κ2) is 4.84. The quantitative estimate of drug-likeness (QED) is 0.891. The average molecular weight is 269 g/mol. The number of piperidine rings is 1. The summed E-state index contributed by atoms with van der Waals surface area (Å²) in [5.41, 5.74) is -0.0588. The van der Waals surface area contributed by atoms with Crippen LogP contribution in [0.2, 0.25) is 0 Å². The van der Waals surface area contributed by atoms with Gasteiger partial charge in [0.15, 0.2) is 0 Å². The largest absolute Gasteiger partial charge is 0.481 e. The van der Waals surface area contributed by atoms with Gasteiger partial charge in [-0.1, -0.05) is 20.8 Å². The third-order valence-electron chi connectivity index (χ3n) is 3.13. The lowest BCUT2D eigenvalue weighted by atomic mass is 9.96. The van der Waals surface area contributed by atoms with E-state index in [0.717, 1.165) is 30.3 Å². The lowest BCUT2D eigenvalue weighted by molar-refractivity contribution is -0.141. The van der Waals surface area contributed by atoms with E-state index in [9.17, 15) is 4.79 Å². The molecule has 0 spiro atoms. The van der Waals surface area contributed by atoms with Gasteiger partial charge in [0.25, 0.3) is 0 Å². The summed E-state index contributed by atoms with van der Waals surface area (Å²) in [5, 5.41) is 9.93. The maximum atomic E-state index is 11.0. The molecule has 0 saturated carbocycles. The zero-order chi connectivity index (χ0) is 13.3. The summed E-state index contributed by atoms with van der Waals surface area (Å²) in [6.07, 6.45) is 1.66. The van der Waals surface area contributed by atoms with Gasteiger partial charge < -0.3 is 10.0 Å². The topological polar surface area (TPSA) is 66.3 Å². The number of carboxylic acids is 1. The number of aromatic nitrogens is 2. The molecular formula is C12H19N3O2S. The van der Waals surface area contributed by atoms with Crippen molar-refractivity contribution in [2.75, 3.05) is 18.0 Å². The highest BCUT2D eigenvalue weighted by Gasteiger charge is 2.28. The van der Waals surface area contributed by atoms with Crippen LogP contribution in [0.25, 0.3) is 0 Å². The van der Waals surface area contributed by atoms with E-state index in [1.165, 1.54) is 11.5 Å². The molecule has 2 heterocycles. The molecule has 1 saturated heterocycles. The minimum absolute atomic E-state index is 0.0588. The van der Waals surface area contributed by atoms with Crippen molar-refractivity contribution >= 4 is 22.6 Å². The van der Waals surface area contributed by atoms with E-state index in [4.69, 9.17) is 5.11 Å². The maximum absolute atomic E-state index is 11.0. The number of hydrogen-bond acceptors (Lipinski definition) is 5. The molecule has 0 aromatic carbocycles. The molecule has 0 aliphatic carbocycles. The Hall–Kier alpha value is -1.17. The number of carboxylic acid groups (broad SMARTS) is 1. The smallest absolute Gasteiger partial charge is 0.308 e. The van der Waals surface area contributed by atoms with Crippen LogP contribution in [0.1, 0.15) is 39.4 Å². The van der Waals surface area contributed by atoms with Crippen molar-refractivity contribution in [2.24, 2.45) is 5.92 Å². The molecule has 0 amide bonds. The molecule has 1 N–H and O–H groups in total. The molecule has 6 heteroatoms. The molecule has 0 radical (unpaired) electrons. The minimum Gasteiger partial charge on any atom is -0.481 e. The van der Waals surface area contributed by atoms with Crippen molar-refractivity contribution < 1.29 is 9.90 Å². The Balaban J connectivity index is 2.12. The second-order valence-electron chi connectivity index (χ2n) is 5.77. The van der Waals surface area contributed by atoms with Crippen molar-refractivity contribution in [3.05, 3.63) is 5.82 Å². The first-order chi connectivity index (χ1) is 8.38. The van der Waals surface area contributed by atoms with E-state index in [2.05, 4.69) is 35.0 Å². The number of aliphatic carboxylic acids is 1. The highest BCUT2D eigenvalue weighted by atomic mass is 32.1. The van der Waals surface area contributed by atoms with Gasteiger partial charge in [0.05, 0.1) is 5.92 Å². The predicted octanol–water partition coefficient (Wildman–Crippen LogP) is 2.14. The van der Waals surface area contributed by atoms with E-state index in [0.29, 0.717) is 6.54 Å². The summed E-state index contributed by atoms with van der Waals surface area (Å²) < 4.78 is 4.37. The van der Waals surface area contributed by atoms with E-state index >= 15 is 0 Å². The van der Waals surface area contributed by atoms with Gasteiger partial charge in [0.2, 0.25) is 5.13 Å². The minimum atomic E-state index is -0.708. The highest BCUT2D eigenvalue weighted by Crippen LogP contribution is 2.28. The Kier molecular flexibility index (Phi) is 3.56. The molecule has 1 fully saturated rings. The second-order valence-corrected chi connectivity index (χ2v) is 6.50. The Labute approximate surface area is 111 Å². The fourth-order valence-electron chi connectivity index (χ4n) is 2.00. The number of hydrogen-bond donors (Lipinski definition) is 1. The van der Waals surface area contributed by atoms with Gasteiger partial charge in [-0.3, -0.25) is 4.79 Å². The molecule has 1 unspecified atom stereocenters. The Morgan fingerprint density at radius 1 is 1.50 bits per heavy atom. The van der Waals surface area contributed by atoms with Gasteiger partial charge in [0.1, 0.15) is 5.82 Å². The van der Waals surface area contributed by atoms with E-state index in [-0.39, 0.29) is 11.3 Å². The molecule has 1 aliphatic rings. The lowest BCUT2D eigenvalue weighted by Gasteiger charge is -2.30. The maximum Gasteiger partial charge on any atom is 0.308 e. The zero-order valence-corrected chi connectivity index (χ0v) is 11.8. The van der Waals surface area contributed by atoms with Crippen molar-refractivity contribution in [3.63, 3.8) is 0 Å². The van der Waals surface area contributed by atoms with Crippen LogP contribution in [0.5, 0.6) is 0 Å². The van der Waals surface area contributed by atoms with Gasteiger partial charge in [-0.15, -0.1) is 0 Å². The fourth-order valence-corrected chi connectivity index (χ4v) is 2.89. The summed E-state index contributed by atoms with van der Waals surface area (Å²) in [6.45, 7) is 7.66. The first-order valence-electron chi connectivity index (χ1n) is 6.20. The monoisotopic (exact) mass is 269 g/mol. The van der Waals surface area contributed by atoms with Gasteiger partial charge in [-0.05, 0) is 12.8 Å². The first kappa shape index (κ1) is 13.3. The summed E-state index contributed by atoms with van der Waals surface area (Å²) in [7, 11) is 0. The van der Waals surface area contributed by atoms with Gasteiger partial charge in [0, 0.05) is 30.0 Å². The molecule has 1 aromatic heterocycles. The summed E-state index contributed by atoms with van der Waals surface area (Å²) in [5.74, 6) is -0.152. The number of nitrogens with zero attached hydrogens (tertiary/aromatic N) is 3. The molecule has 0 bridgehead atoms. The molecule has 2 rings (SSSR count). The van der Waals surface area contributed by atoms with E-state index in [1.807, 2.05) is 0 Å². The van der Waals surface area contributed by atoms with Crippen LogP contribution in [0.4, 0.5) is 5.13 Å². The van der Waals surface area contributed by atoms with E-state index in [1.54, 1.807) is 0 Å². The zero-order valence-electron chi connectivity index (χ0n) is 11.0. The van der Waals surface area contributed by atoms with Crippen molar-refractivity contribution in [1.82, 2.24) is 9.36 Å². The number of carbonyl (C=O) groups is 1. The van der Waals surface area contributed by atoms with Crippen molar-refractivity contribution in [1.29, 1.82) is 0 Å². The normalized spacial score (nSPS) is 21.1. The van der Waals surface area contributed by atoms with Crippen LogP contribution < -0.4 is 4.90 Å². The van der Waals surface area contributed by atoms with Crippen LogP contribution in [-0.4, -0.2) is 33.5 Å². The molecule has 5 nitrogen and oxygen atoms in total. The van der Waals surface area contributed by atoms with Gasteiger partial charge >= 0.3 is 5.97 Å². The predicted molar refractivity (Wildman–Crippen MR) is 71.2 cm³/mol. The number of rotatable bonds is 2.